The first-order valence-electron chi connectivity index (χ1n) is 13.2. The highest BCUT2D eigenvalue weighted by molar-refractivity contribution is 7.23. The van der Waals surface area contributed by atoms with Crippen LogP contribution in [0.3, 0.4) is 0 Å². The van der Waals surface area contributed by atoms with E-state index in [0.717, 1.165) is 17.4 Å². The van der Waals surface area contributed by atoms with Crippen LogP contribution in [0.25, 0.3) is 32.1 Å². The molecule has 0 bridgehead atoms. The van der Waals surface area contributed by atoms with Gasteiger partial charge in [0.1, 0.15) is 33.8 Å². The van der Waals surface area contributed by atoms with Crippen LogP contribution in [-0.4, -0.2) is 54.4 Å². The highest BCUT2D eigenvalue weighted by Gasteiger charge is 2.29. The smallest absolute Gasteiger partial charge is 0.412 e. The summed E-state index contributed by atoms with van der Waals surface area (Å²) in [7, 11) is 1.36. The number of aromatic nitrogens is 2. The Morgan fingerprint density at radius 3 is 2.74 bits per heavy atom. The number of nitriles is 2. The number of benzene rings is 2. The Balaban J connectivity index is 1.70. The largest absolute Gasteiger partial charge is 0.467 e. The van der Waals surface area contributed by atoms with Crippen LogP contribution in [0.15, 0.2) is 18.2 Å². The van der Waals surface area contributed by atoms with E-state index in [0.29, 0.717) is 30.8 Å². The second-order valence-corrected chi connectivity index (χ2v) is 12.2. The number of carbonyl (C=O) groups excluding carboxylic acids is 1. The molecule has 0 unspecified atom stereocenters. The molecule has 1 amide bonds. The Morgan fingerprint density at radius 2 is 2.07 bits per heavy atom. The molecule has 14 heteroatoms. The van der Waals surface area contributed by atoms with Crippen molar-refractivity contribution in [3.8, 4) is 29.3 Å². The summed E-state index contributed by atoms with van der Waals surface area (Å²) in [5.74, 6) is -1.09. The van der Waals surface area contributed by atoms with E-state index in [2.05, 4.69) is 26.7 Å². The van der Waals surface area contributed by atoms with Gasteiger partial charge in [-0.3, -0.25) is 5.32 Å². The minimum absolute atomic E-state index is 0.0200. The number of fused-ring (bicyclic) bond motifs is 2. The monoisotopic (exact) mass is 625 g/mol. The van der Waals surface area contributed by atoms with E-state index in [9.17, 15) is 10.1 Å². The minimum Gasteiger partial charge on any atom is -0.467 e. The van der Waals surface area contributed by atoms with Crippen LogP contribution >= 0.6 is 22.9 Å². The molecule has 2 aromatic heterocycles. The predicted molar refractivity (Wildman–Crippen MR) is 161 cm³/mol. The molecule has 0 spiro atoms. The molecule has 10 nitrogen and oxygen atoms in total. The molecule has 1 aliphatic heterocycles. The van der Waals surface area contributed by atoms with E-state index in [1.807, 2.05) is 11.0 Å². The molecule has 2 aromatic carbocycles. The second kappa shape index (κ2) is 11.8. The van der Waals surface area contributed by atoms with Crippen molar-refractivity contribution in [3.05, 3.63) is 40.4 Å². The normalized spacial score (nSPS) is 15.3. The summed E-state index contributed by atoms with van der Waals surface area (Å²) in [4.78, 5) is 23.2. The van der Waals surface area contributed by atoms with Crippen LogP contribution in [0.5, 0.6) is 6.01 Å². The molecule has 1 aliphatic rings. The Labute approximate surface area is 254 Å². The fourth-order valence-electron chi connectivity index (χ4n) is 4.98. The van der Waals surface area contributed by atoms with Gasteiger partial charge in [0.15, 0.2) is 5.82 Å². The maximum absolute atomic E-state index is 16.6. The number of anilines is 2. The van der Waals surface area contributed by atoms with Crippen molar-refractivity contribution in [1.29, 1.82) is 10.5 Å². The molecule has 0 saturated carbocycles. The average molecular weight is 626 g/mol. The zero-order valence-corrected chi connectivity index (χ0v) is 25.2. The van der Waals surface area contributed by atoms with Gasteiger partial charge < -0.3 is 19.7 Å². The van der Waals surface area contributed by atoms with E-state index in [1.54, 1.807) is 20.8 Å². The number of nitrogens with one attached hydrogen (secondary N) is 2. The number of hydrogen-bond donors (Lipinski definition) is 2. The first kappa shape index (κ1) is 30.2. The van der Waals surface area contributed by atoms with E-state index in [4.69, 9.17) is 26.3 Å². The van der Waals surface area contributed by atoms with Crippen molar-refractivity contribution in [3.63, 3.8) is 0 Å². The molecule has 1 saturated heterocycles. The summed E-state index contributed by atoms with van der Waals surface area (Å²) in [6, 6.07) is 7.98. The molecule has 2 N–H and O–H groups in total. The van der Waals surface area contributed by atoms with E-state index < -0.39 is 23.3 Å². The summed E-state index contributed by atoms with van der Waals surface area (Å²) in [6.07, 6.45) is -0.544. The zero-order valence-electron chi connectivity index (χ0n) is 23.6. The fraction of sp³-hybridized carbons (Fsp3) is 0.345. The average Bonchev–Trinajstić information content (AvgIpc) is 3.31. The SMILES string of the molecule is COc1nc(N2CCN[C@@H](CC#N)C2)c2cc(Cl)c(-c3ccc(F)c4sc(NC(=O)OC(C)(C)C)c(C#N)c34)c(F)c2n1. The molecule has 43 heavy (non-hydrogen) atoms. The molecule has 0 aliphatic carbocycles. The van der Waals surface area contributed by atoms with Gasteiger partial charge in [-0.1, -0.05) is 17.7 Å². The third-order valence-electron chi connectivity index (χ3n) is 6.70. The molecule has 5 rings (SSSR count). The first-order valence-corrected chi connectivity index (χ1v) is 14.4. The molecule has 3 heterocycles. The Morgan fingerprint density at radius 1 is 1.30 bits per heavy atom. The zero-order chi connectivity index (χ0) is 31.1. The Kier molecular flexibility index (Phi) is 8.25. The molecular weight excluding hydrogens is 600 g/mol. The lowest BCUT2D eigenvalue weighted by molar-refractivity contribution is 0.0636. The maximum Gasteiger partial charge on any atom is 0.412 e. The van der Waals surface area contributed by atoms with Gasteiger partial charge in [0, 0.05) is 42.0 Å². The van der Waals surface area contributed by atoms with Gasteiger partial charge in [-0.15, -0.1) is 11.3 Å². The highest BCUT2D eigenvalue weighted by atomic mass is 35.5. The molecule has 1 atom stereocenters. The van der Waals surface area contributed by atoms with Gasteiger partial charge in [-0.05, 0) is 38.5 Å². The second-order valence-electron chi connectivity index (χ2n) is 10.8. The number of carbonyl (C=O) groups is 1. The number of ether oxygens (including phenoxy) is 2. The molecular formula is C29H26ClF2N7O3S. The minimum atomic E-state index is -0.825. The third-order valence-corrected chi connectivity index (χ3v) is 8.12. The van der Waals surface area contributed by atoms with Gasteiger partial charge in [-0.25, -0.2) is 13.6 Å². The van der Waals surface area contributed by atoms with Crippen molar-refractivity contribution < 1.29 is 23.0 Å². The quantitative estimate of drug-likeness (QED) is 0.259. The number of rotatable bonds is 5. The van der Waals surface area contributed by atoms with Crippen molar-refractivity contribution in [2.75, 3.05) is 37.0 Å². The standard InChI is InChI=1S/C29H26ClF2N7O3S/c1-29(2,3)42-28(40)38-26-17(12-34)20-15(5-6-19(31)24(20)43-26)21-18(30)11-16-23(22(21)32)36-27(41-4)37-25(16)39-10-9-35-14(13-39)7-8-33/h5-6,11,14,35H,7,9-10,13H2,1-4H3,(H,38,40)/t14-/m0/s1. The lowest BCUT2D eigenvalue weighted by Crippen LogP contribution is -2.51. The number of hydrogen-bond acceptors (Lipinski definition) is 10. The number of amides is 1. The van der Waals surface area contributed by atoms with Crippen LogP contribution in [0, 0.1) is 34.3 Å². The van der Waals surface area contributed by atoms with Gasteiger partial charge in [0.25, 0.3) is 0 Å². The van der Waals surface area contributed by atoms with Crippen molar-refractivity contribution in [1.82, 2.24) is 15.3 Å². The topological polar surface area (TPSA) is 136 Å². The van der Waals surface area contributed by atoms with Gasteiger partial charge >= 0.3 is 12.1 Å². The van der Waals surface area contributed by atoms with Crippen LogP contribution in [0.1, 0.15) is 32.8 Å². The summed E-state index contributed by atoms with van der Waals surface area (Å²) < 4.78 is 42.3. The predicted octanol–water partition coefficient (Wildman–Crippen LogP) is 6.36. The van der Waals surface area contributed by atoms with Crippen LogP contribution in [0.2, 0.25) is 5.02 Å². The number of nitrogens with zero attached hydrogens (tertiary/aromatic N) is 5. The lowest BCUT2D eigenvalue weighted by Gasteiger charge is -2.34. The molecule has 4 aromatic rings. The van der Waals surface area contributed by atoms with E-state index in [1.165, 1.54) is 19.2 Å². The Bertz CT molecular complexity index is 1850. The molecule has 222 valence electrons. The number of thiophene rings is 1. The third kappa shape index (κ3) is 5.84. The molecule has 0 radical (unpaired) electrons. The van der Waals surface area contributed by atoms with Gasteiger partial charge in [-0.2, -0.15) is 20.5 Å². The van der Waals surface area contributed by atoms with Crippen molar-refractivity contribution >= 4 is 60.8 Å². The Hall–Kier alpha value is -4.30. The van der Waals surface area contributed by atoms with Gasteiger partial charge in [0.2, 0.25) is 0 Å². The maximum atomic E-state index is 16.6. The summed E-state index contributed by atoms with van der Waals surface area (Å²) >= 11 is 7.57. The van der Waals surface area contributed by atoms with E-state index >= 15 is 8.78 Å². The highest BCUT2D eigenvalue weighted by Crippen LogP contribution is 2.46. The summed E-state index contributed by atoms with van der Waals surface area (Å²) in [5, 5.41) is 25.5. The first-order chi connectivity index (χ1) is 20.4. The number of piperazine rings is 1. The number of methoxy groups -OCH3 is 1. The number of halogens is 3. The van der Waals surface area contributed by atoms with Crippen LogP contribution in [0.4, 0.5) is 24.4 Å². The molecule has 1 fully saturated rings. The van der Waals surface area contributed by atoms with Crippen molar-refractivity contribution in [2.45, 2.75) is 38.8 Å². The summed E-state index contributed by atoms with van der Waals surface area (Å²) in [5.41, 5.74) is -0.932. The van der Waals surface area contributed by atoms with Crippen molar-refractivity contribution in [2.24, 2.45) is 0 Å². The van der Waals surface area contributed by atoms with E-state index in [-0.39, 0.29) is 60.8 Å². The van der Waals surface area contributed by atoms with Crippen LogP contribution < -0.4 is 20.3 Å². The fourth-order valence-corrected chi connectivity index (χ4v) is 6.34. The lowest BCUT2D eigenvalue weighted by atomic mass is 9.97. The summed E-state index contributed by atoms with van der Waals surface area (Å²) in [6.45, 7) is 6.60. The van der Waals surface area contributed by atoms with Crippen LogP contribution in [-0.2, 0) is 4.74 Å². The van der Waals surface area contributed by atoms with Gasteiger partial charge in [0.05, 0.1) is 34.9 Å².